The molecule has 88 valence electrons. The molecule has 0 radical (unpaired) electrons. The van der Waals surface area contributed by atoms with Crippen LogP contribution in [-0.2, 0) is 4.79 Å². The summed E-state index contributed by atoms with van der Waals surface area (Å²) in [5.74, 6) is 3.96. The van der Waals surface area contributed by atoms with Crippen molar-refractivity contribution in [3.05, 3.63) is 0 Å². The number of rotatable bonds is 1. The largest absolute Gasteiger partial charge is 0.281 e. The number of carbonyl (C=O) groups is 1. The number of carbonyl (C=O) groups excluding carboxylic acids is 1. The summed E-state index contributed by atoms with van der Waals surface area (Å²) in [6, 6.07) is 0. The molecule has 0 saturated carbocycles. The Bertz CT molecular complexity index is 303. The molecule has 0 bridgehead atoms. The number of hydrogen-bond donors (Lipinski definition) is 0. The summed E-state index contributed by atoms with van der Waals surface area (Å²) in [6.07, 6.45) is 0. The van der Waals surface area contributed by atoms with Gasteiger partial charge in [0, 0.05) is 4.75 Å². The third-order valence-electron chi connectivity index (χ3n) is 1.76. The summed E-state index contributed by atoms with van der Waals surface area (Å²) >= 11 is 0. The summed E-state index contributed by atoms with van der Waals surface area (Å²) in [5, 5.41) is 0.0809. The van der Waals surface area contributed by atoms with Crippen LogP contribution in [0.1, 0.15) is 48.5 Å². The van der Waals surface area contributed by atoms with Crippen molar-refractivity contribution < 1.29 is 4.79 Å². The molecule has 0 aliphatic rings. The molecule has 0 rings (SSSR count). The number of nitrogens with zero attached hydrogens (tertiary/aromatic N) is 1. The van der Waals surface area contributed by atoms with Gasteiger partial charge >= 0.3 is 0 Å². The minimum absolute atomic E-state index is 0.0776. The third-order valence-corrected chi connectivity index (χ3v) is 3.98. The third kappa shape index (κ3) is 5.26. The van der Waals surface area contributed by atoms with Crippen molar-refractivity contribution in [3.63, 3.8) is 0 Å². The first kappa shape index (κ1) is 14.6. The van der Waals surface area contributed by atoms with Gasteiger partial charge in [0.2, 0.25) is 5.12 Å². The van der Waals surface area contributed by atoms with Gasteiger partial charge in [0.25, 0.3) is 0 Å². The van der Waals surface area contributed by atoms with Crippen molar-refractivity contribution in [2.45, 2.75) is 58.8 Å². The van der Waals surface area contributed by atoms with E-state index in [0.29, 0.717) is 5.71 Å². The van der Waals surface area contributed by atoms with Gasteiger partial charge in [0.15, 0.2) is 0 Å². The maximum atomic E-state index is 12.0. The van der Waals surface area contributed by atoms with Gasteiger partial charge in [0.1, 0.15) is 0 Å². The molecule has 0 aromatic heterocycles. The molecule has 0 spiro atoms. The van der Waals surface area contributed by atoms with Crippen LogP contribution in [0, 0.1) is 0 Å². The molecule has 2 nitrogen and oxygen atoms in total. The van der Waals surface area contributed by atoms with Crippen molar-refractivity contribution in [1.82, 2.24) is 0 Å². The van der Waals surface area contributed by atoms with Gasteiger partial charge in [-0.3, -0.25) is 9.79 Å². The van der Waals surface area contributed by atoms with E-state index in [1.807, 2.05) is 41.5 Å². The first-order chi connectivity index (χ1) is 6.45. The van der Waals surface area contributed by atoms with Crippen LogP contribution >= 0.6 is 10.5 Å². The Morgan fingerprint density at radius 1 is 1.13 bits per heavy atom. The summed E-state index contributed by atoms with van der Waals surface area (Å²) in [5.41, 5.74) is 0.401. The lowest BCUT2D eigenvalue weighted by molar-refractivity contribution is -0.105. The van der Waals surface area contributed by atoms with Crippen molar-refractivity contribution >= 4 is 27.2 Å². The second-order valence-corrected chi connectivity index (χ2v) is 8.04. The Morgan fingerprint density at radius 3 is 1.80 bits per heavy atom. The van der Waals surface area contributed by atoms with Crippen LogP contribution in [0.5, 0.6) is 0 Å². The highest BCUT2D eigenvalue weighted by molar-refractivity contribution is 8.29. The van der Waals surface area contributed by atoms with Gasteiger partial charge in [-0.15, -0.1) is 10.5 Å². The smallest absolute Gasteiger partial charge is 0.227 e. The van der Waals surface area contributed by atoms with Gasteiger partial charge in [0.05, 0.1) is 11.3 Å². The molecule has 0 heterocycles. The Labute approximate surface area is 96.1 Å². The Hall–Kier alpha value is -0.440. The zero-order valence-corrected chi connectivity index (χ0v) is 11.8. The number of aliphatic imine (C=N–C) groups is 1. The van der Waals surface area contributed by atoms with Crippen LogP contribution in [0.15, 0.2) is 4.99 Å². The predicted octanol–water partition coefficient (Wildman–Crippen LogP) is 3.27. The van der Waals surface area contributed by atoms with Crippen molar-refractivity contribution in [2.24, 2.45) is 4.99 Å². The zero-order valence-electron chi connectivity index (χ0n) is 11.0. The molecule has 0 amide bonds. The fourth-order valence-corrected chi connectivity index (χ4v) is 1.96. The van der Waals surface area contributed by atoms with Crippen LogP contribution in [-0.4, -0.2) is 27.0 Å². The monoisotopic (exact) mass is 229 g/mol. The molecule has 3 heteroatoms. The van der Waals surface area contributed by atoms with Gasteiger partial charge in [-0.1, -0.05) is 26.6 Å². The van der Waals surface area contributed by atoms with E-state index >= 15 is 0 Å². The lowest BCUT2D eigenvalue weighted by Gasteiger charge is -2.22. The predicted molar refractivity (Wildman–Crippen MR) is 72.3 cm³/mol. The first-order valence-electron chi connectivity index (χ1n) is 5.10. The summed E-state index contributed by atoms with van der Waals surface area (Å²) < 4.78 is -0.0776. The van der Waals surface area contributed by atoms with Crippen LogP contribution in [0.4, 0.5) is 0 Å². The summed E-state index contributed by atoms with van der Waals surface area (Å²) in [7, 11) is -0.517. The SMILES string of the molecule is C=S(C(=O)/C(C)=N\C(C)(C)C)C(C)(C)C. The summed E-state index contributed by atoms with van der Waals surface area (Å²) in [6.45, 7) is 13.8. The lowest BCUT2D eigenvalue weighted by Crippen LogP contribution is -2.23. The summed E-state index contributed by atoms with van der Waals surface area (Å²) in [4.78, 5) is 16.4. The van der Waals surface area contributed by atoms with E-state index in [2.05, 4.69) is 10.9 Å². The molecule has 1 atom stereocenters. The Morgan fingerprint density at radius 2 is 1.53 bits per heavy atom. The van der Waals surface area contributed by atoms with Gasteiger partial charge in [-0.05, 0) is 27.7 Å². The topological polar surface area (TPSA) is 29.4 Å². The minimum Gasteiger partial charge on any atom is -0.281 e. The van der Waals surface area contributed by atoms with Gasteiger partial charge < -0.3 is 0 Å². The molecule has 0 saturated heterocycles. The van der Waals surface area contributed by atoms with Crippen molar-refractivity contribution in [2.75, 3.05) is 0 Å². The van der Waals surface area contributed by atoms with Crippen molar-refractivity contribution in [1.29, 1.82) is 0 Å². The van der Waals surface area contributed by atoms with Crippen LogP contribution in [0.3, 0.4) is 0 Å². The van der Waals surface area contributed by atoms with E-state index < -0.39 is 10.5 Å². The average molecular weight is 229 g/mol. The molecular formula is C12H23NOS. The van der Waals surface area contributed by atoms with E-state index in [1.165, 1.54) is 0 Å². The quantitative estimate of drug-likeness (QED) is 0.501. The van der Waals surface area contributed by atoms with Crippen LogP contribution < -0.4 is 0 Å². The van der Waals surface area contributed by atoms with Crippen molar-refractivity contribution in [3.8, 4) is 0 Å². The molecule has 0 aromatic carbocycles. The zero-order chi connectivity index (χ0) is 12.4. The lowest BCUT2D eigenvalue weighted by atomic mass is 10.1. The molecule has 1 unspecified atom stereocenters. The highest BCUT2D eigenvalue weighted by Crippen LogP contribution is 2.31. The molecule has 0 fully saturated rings. The first-order valence-corrected chi connectivity index (χ1v) is 6.49. The van der Waals surface area contributed by atoms with E-state index in [0.717, 1.165) is 0 Å². The normalized spacial score (nSPS) is 16.3. The average Bonchev–Trinajstić information content (AvgIpc) is 1.96. The standard InChI is InChI=1S/C12H23NOS/c1-9(13-11(2,3)4)10(14)15(8)12(5,6)7/h8H2,1-7H3/b13-9-. The van der Waals surface area contributed by atoms with Crippen LogP contribution in [0.2, 0.25) is 0 Å². The van der Waals surface area contributed by atoms with Gasteiger partial charge in [-0.2, -0.15) is 0 Å². The molecular weight excluding hydrogens is 206 g/mol. The highest BCUT2D eigenvalue weighted by Gasteiger charge is 2.22. The van der Waals surface area contributed by atoms with Crippen LogP contribution in [0.25, 0.3) is 0 Å². The highest BCUT2D eigenvalue weighted by atomic mass is 32.2. The second-order valence-electron chi connectivity index (χ2n) is 5.66. The molecule has 0 N–H and O–H groups in total. The Kier molecular flexibility index (Phi) is 4.47. The van der Waals surface area contributed by atoms with E-state index in [9.17, 15) is 4.79 Å². The maximum Gasteiger partial charge on any atom is 0.227 e. The molecule has 15 heavy (non-hydrogen) atoms. The molecule has 0 aliphatic heterocycles. The maximum absolute atomic E-state index is 12.0. The minimum atomic E-state index is -0.517. The number of hydrogen-bond acceptors (Lipinski definition) is 2. The van der Waals surface area contributed by atoms with Gasteiger partial charge in [-0.25, -0.2) is 0 Å². The Balaban J connectivity index is 4.91. The van der Waals surface area contributed by atoms with E-state index in [1.54, 1.807) is 6.92 Å². The van der Waals surface area contributed by atoms with E-state index in [4.69, 9.17) is 0 Å². The fraction of sp³-hybridized carbons (Fsp3) is 0.750. The molecule has 0 aromatic rings. The second kappa shape index (κ2) is 4.60. The fourth-order valence-electron chi connectivity index (χ4n) is 1.01. The molecule has 0 aliphatic carbocycles. The van der Waals surface area contributed by atoms with E-state index in [-0.39, 0.29) is 15.4 Å².